The van der Waals surface area contributed by atoms with E-state index >= 15 is 0 Å². The van der Waals surface area contributed by atoms with E-state index in [1.807, 2.05) is 0 Å². The van der Waals surface area contributed by atoms with Gasteiger partial charge < -0.3 is 0 Å². The number of sulfonamides is 1. The molecular weight excluding hydrogens is 345 g/mol. The molecule has 1 aromatic rings. The number of benzene rings is 1. The van der Waals surface area contributed by atoms with Gasteiger partial charge in [0.2, 0.25) is 10.0 Å². The Morgan fingerprint density at radius 2 is 1.83 bits per heavy atom. The normalized spacial score (nSPS) is 12.5. The number of alkyl halides is 3. The van der Waals surface area contributed by atoms with Gasteiger partial charge in [-0.05, 0) is 22.0 Å². The van der Waals surface area contributed by atoms with Crippen molar-refractivity contribution in [2.24, 2.45) is 5.14 Å². The molecule has 0 unspecified atom stereocenters. The molecular formula is C7H4BrF3N2O4S. The van der Waals surface area contributed by atoms with Crippen molar-refractivity contribution in [3.63, 3.8) is 0 Å². The lowest BCUT2D eigenvalue weighted by molar-refractivity contribution is -0.388. The van der Waals surface area contributed by atoms with E-state index in [0.717, 1.165) is 0 Å². The van der Waals surface area contributed by atoms with Crippen LogP contribution in [-0.2, 0) is 16.2 Å². The van der Waals surface area contributed by atoms with Gasteiger partial charge in [-0.3, -0.25) is 10.1 Å². The zero-order chi connectivity index (χ0) is 14.3. The molecule has 0 aliphatic rings. The van der Waals surface area contributed by atoms with Crippen LogP contribution in [0.1, 0.15) is 5.56 Å². The van der Waals surface area contributed by atoms with Crippen molar-refractivity contribution >= 4 is 31.6 Å². The quantitative estimate of drug-likeness (QED) is 0.652. The van der Waals surface area contributed by atoms with E-state index in [1.165, 1.54) is 0 Å². The van der Waals surface area contributed by atoms with Gasteiger partial charge in [0, 0.05) is 6.07 Å². The zero-order valence-electron chi connectivity index (χ0n) is 8.23. The van der Waals surface area contributed by atoms with Crippen LogP contribution < -0.4 is 5.14 Å². The van der Waals surface area contributed by atoms with E-state index in [9.17, 15) is 31.7 Å². The minimum absolute atomic E-state index is 0.400. The van der Waals surface area contributed by atoms with Gasteiger partial charge >= 0.3 is 6.18 Å². The highest BCUT2D eigenvalue weighted by Gasteiger charge is 2.38. The summed E-state index contributed by atoms with van der Waals surface area (Å²) in [6.45, 7) is 0. The topological polar surface area (TPSA) is 103 Å². The summed E-state index contributed by atoms with van der Waals surface area (Å²) < 4.78 is 58.8. The molecule has 6 nitrogen and oxygen atoms in total. The predicted molar refractivity (Wildman–Crippen MR) is 57.2 cm³/mol. The maximum absolute atomic E-state index is 12.5. The molecule has 0 atom stereocenters. The number of halogens is 4. The second-order valence-corrected chi connectivity index (χ2v) is 5.37. The number of nitro groups is 1. The van der Waals surface area contributed by atoms with E-state index in [-0.39, 0.29) is 0 Å². The molecule has 2 N–H and O–H groups in total. The Bertz CT molecular complexity index is 614. The SMILES string of the molecule is NS(=O)(=O)c1c([N+](=O)[O-])ccc(C(F)(F)F)c1Br. The average Bonchev–Trinajstić information content (AvgIpc) is 2.12. The molecule has 0 fully saturated rings. The lowest BCUT2D eigenvalue weighted by Crippen LogP contribution is -2.17. The van der Waals surface area contributed by atoms with E-state index in [1.54, 1.807) is 0 Å². The summed E-state index contributed by atoms with van der Waals surface area (Å²) in [7, 11) is -4.68. The summed E-state index contributed by atoms with van der Waals surface area (Å²) in [6, 6.07) is 0.838. The van der Waals surface area contributed by atoms with Crippen molar-refractivity contribution in [3.05, 3.63) is 32.3 Å². The average molecular weight is 349 g/mol. The van der Waals surface area contributed by atoms with E-state index in [4.69, 9.17) is 0 Å². The highest BCUT2D eigenvalue weighted by atomic mass is 79.9. The molecule has 0 aromatic heterocycles. The van der Waals surface area contributed by atoms with Crippen LogP contribution in [0.25, 0.3) is 0 Å². The van der Waals surface area contributed by atoms with E-state index in [2.05, 4.69) is 21.1 Å². The van der Waals surface area contributed by atoms with Crippen LogP contribution in [-0.4, -0.2) is 13.3 Å². The zero-order valence-corrected chi connectivity index (χ0v) is 10.6. The smallest absolute Gasteiger partial charge is 0.258 e. The lowest BCUT2D eigenvalue weighted by Gasteiger charge is -2.11. The number of nitro benzene ring substituents is 1. The van der Waals surface area contributed by atoms with Crippen LogP contribution in [0.5, 0.6) is 0 Å². The third-order valence-corrected chi connectivity index (χ3v) is 3.93. The lowest BCUT2D eigenvalue weighted by atomic mass is 10.2. The van der Waals surface area contributed by atoms with Crippen molar-refractivity contribution in [3.8, 4) is 0 Å². The van der Waals surface area contributed by atoms with Crippen molar-refractivity contribution in [2.75, 3.05) is 0 Å². The first-order valence-electron chi connectivity index (χ1n) is 4.03. The molecule has 0 amide bonds. The van der Waals surface area contributed by atoms with Crippen LogP contribution >= 0.6 is 15.9 Å². The largest absolute Gasteiger partial charge is 0.417 e. The van der Waals surface area contributed by atoms with Crippen LogP contribution in [0.15, 0.2) is 21.5 Å². The Kier molecular flexibility index (Phi) is 3.70. The van der Waals surface area contributed by atoms with Gasteiger partial charge in [0.05, 0.1) is 15.0 Å². The molecule has 1 rings (SSSR count). The fourth-order valence-corrected chi connectivity index (χ4v) is 3.21. The van der Waals surface area contributed by atoms with Crippen LogP contribution in [0.2, 0.25) is 0 Å². The van der Waals surface area contributed by atoms with E-state index < -0.39 is 41.7 Å². The molecule has 18 heavy (non-hydrogen) atoms. The fourth-order valence-electron chi connectivity index (χ4n) is 1.18. The molecule has 100 valence electrons. The van der Waals surface area contributed by atoms with Crippen molar-refractivity contribution in [1.82, 2.24) is 0 Å². The van der Waals surface area contributed by atoms with Gasteiger partial charge in [-0.15, -0.1) is 0 Å². The Hall–Kier alpha value is -1.20. The summed E-state index contributed by atoms with van der Waals surface area (Å²) in [4.78, 5) is 8.22. The number of nitrogens with zero attached hydrogens (tertiary/aromatic N) is 1. The summed E-state index contributed by atoms with van der Waals surface area (Å²) in [5.74, 6) is 0. The number of hydrogen-bond acceptors (Lipinski definition) is 4. The molecule has 0 saturated carbocycles. The van der Waals surface area contributed by atoms with E-state index in [0.29, 0.717) is 12.1 Å². The highest BCUT2D eigenvalue weighted by Crippen LogP contribution is 2.41. The number of rotatable bonds is 2. The number of primary sulfonamides is 1. The summed E-state index contributed by atoms with van der Waals surface area (Å²) in [6.07, 6.45) is -4.87. The van der Waals surface area contributed by atoms with Gasteiger partial charge in [0.25, 0.3) is 5.69 Å². The molecule has 0 radical (unpaired) electrons. The highest BCUT2D eigenvalue weighted by molar-refractivity contribution is 9.10. The third kappa shape index (κ3) is 2.79. The number of hydrogen-bond donors (Lipinski definition) is 1. The molecule has 11 heteroatoms. The third-order valence-electron chi connectivity index (χ3n) is 1.86. The first kappa shape index (κ1) is 14.9. The molecule has 0 saturated heterocycles. The Morgan fingerprint density at radius 3 is 2.17 bits per heavy atom. The Balaban J connectivity index is 3.78. The first-order valence-corrected chi connectivity index (χ1v) is 6.37. The van der Waals surface area contributed by atoms with Crippen molar-refractivity contribution in [2.45, 2.75) is 11.1 Å². The summed E-state index contributed by atoms with van der Waals surface area (Å²) in [5.41, 5.74) is -2.39. The maximum Gasteiger partial charge on any atom is 0.417 e. The minimum atomic E-state index is -4.87. The van der Waals surface area contributed by atoms with Crippen molar-refractivity contribution < 1.29 is 26.5 Å². The van der Waals surface area contributed by atoms with Gasteiger partial charge in [-0.2, -0.15) is 13.2 Å². The van der Waals surface area contributed by atoms with Gasteiger partial charge in [-0.25, -0.2) is 13.6 Å². The maximum atomic E-state index is 12.5. The first-order chi connectivity index (χ1) is 7.96. The second kappa shape index (κ2) is 4.48. The molecule has 0 bridgehead atoms. The molecule has 0 heterocycles. The molecule has 0 aliphatic carbocycles. The second-order valence-electron chi connectivity index (χ2n) is 3.08. The monoisotopic (exact) mass is 348 g/mol. The standard InChI is InChI=1S/C7H4BrF3N2O4S/c8-5-3(7(9,10)11)1-2-4(13(14)15)6(5)18(12,16)17/h1-2H,(H2,12,16,17). The molecule has 0 aliphatic heterocycles. The van der Waals surface area contributed by atoms with Gasteiger partial charge in [0.1, 0.15) is 0 Å². The fraction of sp³-hybridized carbons (Fsp3) is 0.143. The minimum Gasteiger partial charge on any atom is -0.258 e. The summed E-state index contributed by atoms with van der Waals surface area (Å²) >= 11 is 2.39. The molecule has 1 aromatic carbocycles. The van der Waals surface area contributed by atoms with Crippen LogP contribution in [0.4, 0.5) is 18.9 Å². The van der Waals surface area contributed by atoms with Crippen LogP contribution in [0, 0.1) is 10.1 Å². The van der Waals surface area contributed by atoms with Gasteiger partial charge in [-0.1, -0.05) is 0 Å². The summed E-state index contributed by atoms with van der Waals surface area (Å²) in [5, 5.41) is 15.2. The number of nitrogens with two attached hydrogens (primary N) is 1. The van der Waals surface area contributed by atoms with Crippen molar-refractivity contribution in [1.29, 1.82) is 0 Å². The molecule has 0 spiro atoms. The van der Waals surface area contributed by atoms with Gasteiger partial charge in [0.15, 0.2) is 4.90 Å². The van der Waals surface area contributed by atoms with Crippen LogP contribution in [0.3, 0.4) is 0 Å². The Labute approximate surface area is 107 Å². The Morgan fingerprint density at radius 1 is 1.33 bits per heavy atom. The predicted octanol–water partition coefficient (Wildman–Crippen LogP) is 2.02.